The zero-order valence-electron chi connectivity index (χ0n) is 19.7. The van der Waals surface area contributed by atoms with Crippen LogP contribution in [0.4, 0.5) is 0 Å². The van der Waals surface area contributed by atoms with Crippen molar-refractivity contribution in [3.05, 3.63) is 71.4 Å². The van der Waals surface area contributed by atoms with E-state index in [9.17, 15) is 13.5 Å². The summed E-state index contributed by atoms with van der Waals surface area (Å²) in [6, 6.07) is 13.1. The quantitative estimate of drug-likeness (QED) is 0.355. The minimum absolute atomic E-state index is 0.0318. The van der Waals surface area contributed by atoms with E-state index < -0.39 is 15.6 Å². The Bertz CT molecular complexity index is 1670. The van der Waals surface area contributed by atoms with Crippen LogP contribution in [0.3, 0.4) is 0 Å². The first-order valence-electron chi connectivity index (χ1n) is 11.9. The molecule has 190 valence electrons. The van der Waals surface area contributed by atoms with Crippen LogP contribution in [-0.2, 0) is 10.0 Å². The molecule has 0 bridgehead atoms. The lowest BCUT2D eigenvalue weighted by Crippen LogP contribution is -2.47. The van der Waals surface area contributed by atoms with Gasteiger partial charge in [-0.2, -0.15) is 4.31 Å². The zero-order valence-corrected chi connectivity index (χ0v) is 22.1. The number of aromatic nitrogens is 3. The van der Waals surface area contributed by atoms with Gasteiger partial charge in [-0.1, -0.05) is 53.7 Å². The fourth-order valence-corrected chi connectivity index (χ4v) is 7.89. The van der Waals surface area contributed by atoms with Crippen molar-refractivity contribution in [3.63, 3.8) is 0 Å². The second kappa shape index (κ2) is 9.52. The van der Waals surface area contributed by atoms with Crippen molar-refractivity contribution < 1.29 is 18.2 Å². The van der Waals surface area contributed by atoms with E-state index in [0.717, 1.165) is 28.6 Å². The lowest BCUT2D eigenvalue weighted by Gasteiger charge is -2.39. The number of piperidine rings is 1. The summed E-state index contributed by atoms with van der Waals surface area (Å²) in [5, 5.41) is 20.8. The molecule has 4 aromatic rings. The van der Waals surface area contributed by atoms with Gasteiger partial charge in [0, 0.05) is 39.5 Å². The van der Waals surface area contributed by atoms with E-state index in [1.54, 1.807) is 18.3 Å². The van der Waals surface area contributed by atoms with Gasteiger partial charge in [-0.25, -0.2) is 13.0 Å². The molecule has 0 spiro atoms. The van der Waals surface area contributed by atoms with Crippen LogP contribution in [0.2, 0.25) is 0 Å². The van der Waals surface area contributed by atoms with Crippen molar-refractivity contribution >= 4 is 55.3 Å². The van der Waals surface area contributed by atoms with E-state index in [1.165, 1.54) is 16.1 Å². The van der Waals surface area contributed by atoms with Crippen LogP contribution < -0.4 is 0 Å². The minimum Gasteiger partial charge on any atom is -0.385 e. The Hall–Kier alpha value is -2.76. The lowest BCUT2D eigenvalue weighted by atomic mass is 9.82. The van der Waals surface area contributed by atoms with Crippen molar-refractivity contribution in [3.8, 4) is 0 Å². The first-order chi connectivity index (χ1) is 17.9. The van der Waals surface area contributed by atoms with E-state index in [2.05, 4.69) is 15.3 Å². The standard InChI is InChI=1S/C26H23ClN4O4S2/c27-19-8-2-1-7-18(19)26(32)12-15-31(16-13-26)37(33,34)22-11-10-21(24-25(22)30-35-29-24)36-20-9-3-5-17-6-4-14-28-23(17)20/h3-11,14,32H,1-2,12-13,15-16H2. The van der Waals surface area contributed by atoms with E-state index in [1.807, 2.05) is 42.5 Å². The summed E-state index contributed by atoms with van der Waals surface area (Å²) >= 11 is 7.79. The molecule has 3 heterocycles. The summed E-state index contributed by atoms with van der Waals surface area (Å²) < 4.78 is 33.7. The third-order valence-corrected chi connectivity index (χ3v) is 10.3. The average molecular weight is 555 g/mol. The molecule has 0 saturated carbocycles. The lowest BCUT2D eigenvalue weighted by molar-refractivity contribution is 0.0309. The second-order valence-corrected chi connectivity index (χ2v) is 12.5. The highest BCUT2D eigenvalue weighted by Crippen LogP contribution is 2.41. The maximum Gasteiger partial charge on any atom is 0.245 e. The SMILES string of the molecule is O=S(=O)(c1ccc(Sc2cccc3cccnc23)c2nonc12)N1CCC(O)(C2=CCCC=C2Cl)CC1. The van der Waals surface area contributed by atoms with Crippen LogP contribution in [0.5, 0.6) is 0 Å². The zero-order chi connectivity index (χ0) is 25.6. The van der Waals surface area contributed by atoms with Gasteiger partial charge in [-0.15, -0.1) is 0 Å². The Balaban J connectivity index is 1.28. The van der Waals surface area contributed by atoms with E-state index >= 15 is 0 Å². The van der Waals surface area contributed by atoms with Gasteiger partial charge in [-0.05, 0) is 65.8 Å². The van der Waals surface area contributed by atoms with E-state index in [4.69, 9.17) is 16.2 Å². The molecule has 11 heteroatoms. The molecular weight excluding hydrogens is 532 g/mol. The maximum atomic E-state index is 13.7. The Kier molecular flexibility index (Phi) is 6.32. The van der Waals surface area contributed by atoms with Crippen LogP contribution in [0.15, 0.2) is 90.7 Å². The summed E-state index contributed by atoms with van der Waals surface area (Å²) in [5.74, 6) is 0. The number of fused-ring (bicyclic) bond motifs is 2. The first-order valence-corrected chi connectivity index (χ1v) is 14.6. The number of halogens is 1. The molecule has 0 unspecified atom stereocenters. The van der Waals surface area contributed by atoms with Crippen LogP contribution in [0, 0.1) is 0 Å². The maximum absolute atomic E-state index is 13.7. The van der Waals surface area contributed by atoms with E-state index in [0.29, 0.717) is 21.0 Å². The van der Waals surface area contributed by atoms with Crippen molar-refractivity contribution in [1.29, 1.82) is 0 Å². The molecule has 1 fully saturated rings. The molecule has 8 nitrogen and oxygen atoms in total. The van der Waals surface area contributed by atoms with Crippen LogP contribution in [0.25, 0.3) is 21.9 Å². The topological polar surface area (TPSA) is 109 Å². The second-order valence-electron chi connectivity index (χ2n) is 9.14. The molecule has 1 saturated heterocycles. The minimum atomic E-state index is -3.91. The smallest absolute Gasteiger partial charge is 0.245 e. The molecule has 2 aromatic heterocycles. The summed E-state index contributed by atoms with van der Waals surface area (Å²) in [6.45, 7) is 0.316. The van der Waals surface area contributed by atoms with Gasteiger partial charge >= 0.3 is 0 Å². The summed E-state index contributed by atoms with van der Waals surface area (Å²) in [5.41, 5.74) is 0.958. The third-order valence-electron chi connectivity index (χ3n) is 6.92. The average Bonchev–Trinajstić information content (AvgIpc) is 3.40. The van der Waals surface area contributed by atoms with Crippen LogP contribution in [0.1, 0.15) is 25.7 Å². The molecule has 1 N–H and O–H groups in total. The van der Waals surface area contributed by atoms with E-state index in [-0.39, 0.29) is 36.3 Å². The Labute approximate surface area is 223 Å². The van der Waals surface area contributed by atoms with Gasteiger partial charge in [0.2, 0.25) is 10.0 Å². The van der Waals surface area contributed by atoms with Gasteiger partial charge in [0.25, 0.3) is 0 Å². The summed E-state index contributed by atoms with van der Waals surface area (Å²) in [4.78, 5) is 6.16. The monoisotopic (exact) mass is 554 g/mol. The highest BCUT2D eigenvalue weighted by Gasteiger charge is 2.41. The number of aliphatic hydroxyl groups is 1. The molecular formula is C26H23ClN4O4S2. The molecule has 6 rings (SSSR count). The van der Waals surface area contributed by atoms with Crippen molar-refractivity contribution in [2.24, 2.45) is 0 Å². The third kappa shape index (κ3) is 4.36. The first kappa shape index (κ1) is 24.6. The number of rotatable bonds is 5. The highest BCUT2D eigenvalue weighted by molar-refractivity contribution is 7.99. The van der Waals surface area contributed by atoms with Gasteiger partial charge < -0.3 is 5.11 Å². The Morgan fingerprint density at radius 2 is 1.68 bits per heavy atom. The van der Waals surface area contributed by atoms with Crippen molar-refractivity contribution in [2.45, 2.75) is 46.0 Å². The number of hydrogen-bond acceptors (Lipinski definition) is 8. The molecule has 0 atom stereocenters. The molecule has 2 aliphatic rings. The van der Waals surface area contributed by atoms with Crippen molar-refractivity contribution in [1.82, 2.24) is 19.6 Å². The molecule has 0 radical (unpaired) electrons. The Morgan fingerprint density at radius 3 is 2.49 bits per heavy atom. The predicted molar refractivity (Wildman–Crippen MR) is 142 cm³/mol. The van der Waals surface area contributed by atoms with Gasteiger partial charge in [0.05, 0.1) is 11.1 Å². The molecule has 1 aliphatic heterocycles. The van der Waals surface area contributed by atoms with Gasteiger partial charge in [-0.3, -0.25) is 4.98 Å². The molecule has 37 heavy (non-hydrogen) atoms. The fraction of sp³-hybridized carbons (Fsp3) is 0.269. The molecule has 1 aliphatic carbocycles. The van der Waals surface area contributed by atoms with Gasteiger partial charge in [0.1, 0.15) is 4.90 Å². The summed E-state index contributed by atoms with van der Waals surface area (Å²) in [6.07, 6.45) is 7.76. The van der Waals surface area contributed by atoms with Crippen LogP contribution >= 0.6 is 23.4 Å². The number of benzene rings is 2. The summed E-state index contributed by atoms with van der Waals surface area (Å²) in [7, 11) is -3.91. The highest BCUT2D eigenvalue weighted by atomic mass is 35.5. The van der Waals surface area contributed by atoms with Gasteiger partial charge in [0.15, 0.2) is 11.0 Å². The fourth-order valence-electron chi connectivity index (χ4n) is 4.95. The number of pyridine rings is 1. The predicted octanol–water partition coefficient (Wildman–Crippen LogP) is 5.28. The largest absolute Gasteiger partial charge is 0.385 e. The molecule has 0 amide bonds. The normalized spacial score (nSPS) is 18.6. The number of nitrogens with zero attached hydrogens (tertiary/aromatic N) is 4. The van der Waals surface area contributed by atoms with Crippen molar-refractivity contribution in [2.75, 3.05) is 13.1 Å². The van der Waals surface area contributed by atoms with Crippen LogP contribution in [-0.4, -0.2) is 51.8 Å². The number of hydrogen-bond donors (Lipinski definition) is 1. The number of sulfonamides is 1. The number of para-hydroxylation sites is 1. The Morgan fingerprint density at radius 1 is 0.946 bits per heavy atom. The number of allylic oxidation sites excluding steroid dienone is 2. The molecule has 2 aromatic carbocycles.